The Balaban J connectivity index is 2.24. The molecule has 1 aliphatic rings. The highest BCUT2D eigenvalue weighted by Crippen LogP contribution is 2.08. The van der Waals surface area contributed by atoms with Crippen LogP contribution in [0, 0.1) is 6.92 Å². The molecule has 0 N–H and O–H groups in total. The van der Waals surface area contributed by atoms with Crippen molar-refractivity contribution in [1.29, 1.82) is 0 Å². The van der Waals surface area contributed by atoms with Crippen LogP contribution in [-0.2, 0) is 0 Å². The molecule has 2 heterocycles. The van der Waals surface area contributed by atoms with Crippen LogP contribution in [0.5, 0.6) is 0 Å². The van der Waals surface area contributed by atoms with Crippen molar-refractivity contribution in [3.63, 3.8) is 0 Å². The minimum absolute atomic E-state index is 0.686. The lowest BCUT2D eigenvalue weighted by atomic mass is 10.2. The molecular formula is C12H16N4. The Morgan fingerprint density at radius 3 is 2.75 bits per heavy atom. The van der Waals surface area contributed by atoms with Crippen LogP contribution in [0.25, 0.3) is 0 Å². The van der Waals surface area contributed by atoms with Crippen molar-refractivity contribution in [2.24, 2.45) is 10.1 Å². The molecule has 0 atom stereocenters. The van der Waals surface area contributed by atoms with Crippen molar-refractivity contribution in [1.82, 2.24) is 9.99 Å². The third kappa shape index (κ3) is 2.10. The number of hydrogen-bond donors (Lipinski definition) is 0. The van der Waals surface area contributed by atoms with E-state index in [1.54, 1.807) is 5.01 Å². The lowest BCUT2D eigenvalue weighted by molar-refractivity contribution is 0.529. The molecule has 0 bridgehead atoms. The van der Waals surface area contributed by atoms with E-state index in [0.29, 0.717) is 6.54 Å². The van der Waals surface area contributed by atoms with E-state index in [0.717, 1.165) is 29.2 Å². The minimum atomic E-state index is 0.686. The van der Waals surface area contributed by atoms with Gasteiger partial charge in [-0.2, -0.15) is 5.10 Å². The van der Waals surface area contributed by atoms with Crippen LogP contribution in [0.4, 0.5) is 0 Å². The van der Waals surface area contributed by atoms with Gasteiger partial charge in [0, 0.05) is 13.2 Å². The second kappa shape index (κ2) is 4.43. The zero-order valence-electron chi connectivity index (χ0n) is 9.94. The summed E-state index contributed by atoms with van der Waals surface area (Å²) >= 11 is 0. The fourth-order valence-corrected chi connectivity index (χ4v) is 1.59. The first-order valence-electron chi connectivity index (χ1n) is 5.48. The monoisotopic (exact) mass is 216 g/mol. The quantitative estimate of drug-likeness (QED) is 0.757. The summed E-state index contributed by atoms with van der Waals surface area (Å²) in [6.45, 7) is 4.81. The molecule has 1 aliphatic heterocycles. The van der Waals surface area contributed by atoms with Crippen molar-refractivity contribution < 1.29 is 0 Å². The van der Waals surface area contributed by atoms with E-state index >= 15 is 0 Å². The van der Waals surface area contributed by atoms with Crippen molar-refractivity contribution in [3.8, 4) is 0 Å². The van der Waals surface area contributed by atoms with E-state index in [-0.39, 0.29) is 0 Å². The predicted molar refractivity (Wildman–Crippen MR) is 65.9 cm³/mol. The van der Waals surface area contributed by atoms with Crippen LogP contribution >= 0.6 is 0 Å². The van der Waals surface area contributed by atoms with Crippen molar-refractivity contribution in [2.75, 3.05) is 13.6 Å². The Kier molecular flexibility index (Phi) is 2.99. The highest BCUT2D eigenvalue weighted by Gasteiger charge is 2.15. The maximum atomic E-state index is 4.51. The number of rotatable bonds is 2. The van der Waals surface area contributed by atoms with E-state index in [1.807, 2.05) is 32.3 Å². The summed E-state index contributed by atoms with van der Waals surface area (Å²) in [4.78, 5) is 8.87. The van der Waals surface area contributed by atoms with Gasteiger partial charge in [0.05, 0.1) is 12.3 Å². The SMILES string of the molecule is CCC1=NN(C)C(c2ccc(C)cn2)=NC1. The van der Waals surface area contributed by atoms with Gasteiger partial charge in [0.1, 0.15) is 5.69 Å². The van der Waals surface area contributed by atoms with Crippen LogP contribution in [0.3, 0.4) is 0 Å². The summed E-state index contributed by atoms with van der Waals surface area (Å²) in [6, 6.07) is 4.02. The van der Waals surface area contributed by atoms with Gasteiger partial charge < -0.3 is 0 Å². The van der Waals surface area contributed by atoms with Crippen molar-refractivity contribution in [3.05, 3.63) is 29.6 Å². The first kappa shape index (κ1) is 10.8. The number of aryl methyl sites for hydroxylation is 1. The Bertz CT molecular complexity index is 431. The van der Waals surface area contributed by atoms with E-state index in [4.69, 9.17) is 0 Å². The first-order chi connectivity index (χ1) is 7.70. The van der Waals surface area contributed by atoms with Gasteiger partial charge in [-0.25, -0.2) is 5.01 Å². The van der Waals surface area contributed by atoms with E-state index < -0.39 is 0 Å². The first-order valence-corrected chi connectivity index (χ1v) is 5.48. The Hall–Kier alpha value is -1.71. The average molecular weight is 216 g/mol. The Morgan fingerprint density at radius 1 is 1.38 bits per heavy atom. The number of hydrazone groups is 1. The largest absolute Gasteiger partial charge is 0.259 e. The summed E-state index contributed by atoms with van der Waals surface area (Å²) in [5, 5.41) is 6.27. The zero-order valence-corrected chi connectivity index (χ0v) is 9.94. The Labute approximate surface area is 95.7 Å². The minimum Gasteiger partial charge on any atom is -0.259 e. The van der Waals surface area contributed by atoms with Crippen molar-refractivity contribution >= 4 is 11.5 Å². The number of pyridine rings is 1. The topological polar surface area (TPSA) is 40.9 Å². The van der Waals surface area contributed by atoms with Crippen LogP contribution in [0.2, 0.25) is 0 Å². The lowest BCUT2D eigenvalue weighted by Gasteiger charge is -2.21. The van der Waals surface area contributed by atoms with Gasteiger partial charge in [0.25, 0.3) is 0 Å². The molecule has 0 saturated heterocycles. The maximum Gasteiger partial charge on any atom is 0.170 e. The fraction of sp³-hybridized carbons (Fsp3) is 0.417. The van der Waals surface area contributed by atoms with Crippen LogP contribution in [0.15, 0.2) is 28.4 Å². The molecule has 0 aliphatic carbocycles. The third-order valence-electron chi connectivity index (χ3n) is 2.56. The molecular weight excluding hydrogens is 200 g/mol. The summed E-state index contributed by atoms with van der Waals surface area (Å²) in [6.07, 6.45) is 2.80. The number of aliphatic imine (C=N–C) groups is 1. The molecule has 16 heavy (non-hydrogen) atoms. The zero-order chi connectivity index (χ0) is 11.5. The van der Waals surface area contributed by atoms with Gasteiger partial charge in [-0.05, 0) is 25.0 Å². The van der Waals surface area contributed by atoms with Gasteiger partial charge in [-0.1, -0.05) is 13.0 Å². The Morgan fingerprint density at radius 2 is 2.19 bits per heavy atom. The molecule has 0 amide bonds. The van der Waals surface area contributed by atoms with Gasteiger partial charge >= 0.3 is 0 Å². The number of amidine groups is 1. The van der Waals surface area contributed by atoms with E-state index in [1.165, 1.54) is 0 Å². The van der Waals surface area contributed by atoms with Gasteiger partial charge in [-0.3, -0.25) is 9.98 Å². The summed E-state index contributed by atoms with van der Waals surface area (Å²) in [5.74, 6) is 0.845. The number of nitrogens with zero attached hydrogens (tertiary/aromatic N) is 4. The molecule has 4 heteroatoms. The lowest BCUT2D eigenvalue weighted by Crippen LogP contribution is -2.30. The highest BCUT2D eigenvalue weighted by molar-refractivity contribution is 6.01. The molecule has 84 valence electrons. The molecule has 2 rings (SSSR count). The molecule has 1 aromatic rings. The predicted octanol–water partition coefficient (Wildman–Crippen LogP) is 1.85. The van der Waals surface area contributed by atoms with Crippen LogP contribution in [0.1, 0.15) is 24.6 Å². The maximum absolute atomic E-state index is 4.51. The second-order valence-electron chi connectivity index (χ2n) is 3.90. The second-order valence-corrected chi connectivity index (χ2v) is 3.90. The van der Waals surface area contributed by atoms with E-state index in [2.05, 4.69) is 22.0 Å². The van der Waals surface area contributed by atoms with Gasteiger partial charge in [-0.15, -0.1) is 0 Å². The summed E-state index contributed by atoms with van der Waals surface area (Å²) in [5.41, 5.74) is 3.14. The third-order valence-corrected chi connectivity index (χ3v) is 2.56. The molecule has 1 aromatic heterocycles. The molecule has 0 radical (unpaired) electrons. The van der Waals surface area contributed by atoms with Crippen LogP contribution in [-0.4, -0.2) is 35.1 Å². The molecule has 4 nitrogen and oxygen atoms in total. The van der Waals surface area contributed by atoms with Crippen molar-refractivity contribution in [2.45, 2.75) is 20.3 Å². The van der Waals surface area contributed by atoms with E-state index in [9.17, 15) is 0 Å². The summed E-state index contributed by atoms with van der Waals surface area (Å²) < 4.78 is 0. The summed E-state index contributed by atoms with van der Waals surface area (Å²) in [7, 11) is 1.91. The standard InChI is InChI=1S/C12H16N4/c1-4-10-8-14-12(16(3)15-10)11-6-5-9(2)7-13-11/h5-7H,4,8H2,1-3H3. The normalized spacial score (nSPS) is 15.8. The fourth-order valence-electron chi connectivity index (χ4n) is 1.59. The van der Waals surface area contributed by atoms with Crippen LogP contribution < -0.4 is 0 Å². The molecule has 0 spiro atoms. The highest BCUT2D eigenvalue weighted by atomic mass is 15.5. The van der Waals surface area contributed by atoms with Gasteiger partial charge in [0.15, 0.2) is 5.84 Å². The molecule has 0 aromatic carbocycles. The smallest absolute Gasteiger partial charge is 0.170 e. The molecule has 0 saturated carbocycles. The average Bonchev–Trinajstić information content (AvgIpc) is 2.30. The molecule has 0 fully saturated rings. The molecule has 0 unspecified atom stereocenters. The number of aromatic nitrogens is 1. The van der Waals surface area contributed by atoms with Gasteiger partial charge in [0.2, 0.25) is 0 Å². The number of hydrogen-bond acceptors (Lipinski definition) is 4.